The predicted octanol–water partition coefficient (Wildman–Crippen LogP) is 9.80. The van der Waals surface area contributed by atoms with E-state index in [1.54, 1.807) is 11.1 Å². The molecule has 3 nitrogen and oxygen atoms in total. The van der Waals surface area contributed by atoms with Gasteiger partial charge in [-0.05, 0) is 184 Å². The van der Waals surface area contributed by atoms with Crippen molar-refractivity contribution in [1.29, 1.82) is 0 Å². The van der Waals surface area contributed by atoms with Gasteiger partial charge in [0.2, 0.25) is 0 Å². The van der Waals surface area contributed by atoms with Crippen molar-refractivity contribution in [2.24, 2.45) is 34.5 Å². The minimum absolute atomic E-state index is 0.634. The molecule has 2 aromatic carbocycles. The number of aryl methyl sites for hydroxylation is 2. The maximum atomic E-state index is 6.20. The Kier molecular flexibility index (Phi) is 7.96. The number of nitrogen functional groups attached to an aromatic ring is 2. The van der Waals surface area contributed by atoms with E-state index in [-0.39, 0.29) is 0 Å². The SMILES string of the molecule is CC#Cc1cc2c(cc1N)CCC1C2CCC2(C)CCCC12.CCOc1cc2c(cc1N)CCC1C2CCC2(C)CCCC12. The molecule has 236 valence electrons. The molecule has 0 heterocycles. The molecule has 44 heavy (non-hydrogen) atoms. The van der Waals surface area contributed by atoms with Crippen molar-refractivity contribution in [3.05, 3.63) is 52.1 Å². The molecule has 0 saturated heterocycles. The largest absolute Gasteiger partial charge is 0.492 e. The second-order valence-electron chi connectivity index (χ2n) is 16.0. The average Bonchev–Trinajstić information content (AvgIpc) is 3.61. The molecule has 3 heteroatoms. The Hall–Kier alpha value is -2.60. The maximum Gasteiger partial charge on any atom is 0.142 e. The molecule has 6 aliphatic carbocycles. The molecular formula is C41H56N2O. The highest BCUT2D eigenvalue weighted by molar-refractivity contribution is 5.61. The Bertz CT molecular complexity index is 1470. The summed E-state index contributed by atoms with van der Waals surface area (Å²) in [6.07, 6.45) is 19.5. The summed E-state index contributed by atoms with van der Waals surface area (Å²) in [7, 11) is 0. The number of rotatable bonds is 2. The Morgan fingerprint density at radius 2 is 1.27 bits per heavy atom. The van der Waals surface area contributed by atoms with E-state index in [1.165, 1.54) is 101 Å². The molecule has 8 unspecified atom stereocenters. The van der Waals surface area contributed by atoms with Crippen molar-refractivity contribution in [2.45, 2.75) is 129 Å². The van der Waals surface area contributed by atoms with Gasteiger partial charge in [0.05, 0.1) is 12.3 Å². The molecule has 0 aliphatic heterocycles. The van der Waals surface area contributed by atoms with E-state index in [9.17, 15) is 0 Å². The molecule has 8 rings (SSSR count). The second kappa shape index (κ2) is 11.6. The minimum Gasteiger partial charge on any atom is -0.492 e. The van der Waals surface area contributed by atoms with Crippen LogP contribution in [0.4, 0.5) is 11.4 Å². The van der Waals surface area contributed by atoms with Crippen molar-refractivity contribution < 1.29 is 4.74 Å². The van der Waals surface area contributed by atoms with E-state index in [0.717, 1.165) is 58.2 Å². The van der Waals surface area contributed by atoms with E-state index in [1.807, 2.05) is 13.8 Å². The third kappa shape index (κ3) is 5.04. The maximum absolute atomic E-state index is 6.20. The smallest absolute Gasteiger partial charge is 0.142 e. The molecular weight excluding hydrogens is 536 g/mol. The van der Waals surface area contributed by atoms with Crippen LogP contribution in [0.15, 0.2) is 24.3 Å². The van der Waals surface area contributed by atoms with E-state index in [4.69, 9.17) is 16.2 Å². The van der Waals surface area contributed by atoms with Crippen LogP contribution < -0.4 is 16.2 Å². The summed E-state index contributed by atoms with van der Waals surface area (Å²) in [6.45, 7) is 9.74. The summed E-state index contributed by atoms with van der Waals surface area (Å²) in [6, 6.07) is 9.02. The topological polar surface area (TPSA) is 61.3 Å². The van der Waals surface area contributed by atoms with Gasteiger partial charge in [-0.3, -0.25) is 0 Å². The van der Waals surface area contributed by atoms with Gasteiger partial charge in [-0.2, -0.15) is 0 Å². The van der Waals surface area contributed by atoms with E-state index >= 15 is 0 Å². The number of nitrogens with two attached hydrogens (primary N) is 2. The van der Waals surface area contributed by atoms with Gasteiger partial charge in [-0.1, -0.05) is 32.6 Å². The summed E-state index contributed by atoms with van der Waals surface area (Å²) in [5.41, 5.74) is 22.5. The molecule has 4 fully saturated rings. The van der Waals surface area contributed by atoms with Crippen LogP contribution in [-0.4, -0.2) is 6.61 Å². The number of benzene rings is 2. The van der Waals surface area contributed by atoms with Crippen LogP contribution in [0.25, 0.3) is 0 Å². The van der Waals surface area contributed by atoms with Gasteiger partial charge < -0.3 is 16.2 Å². The molecule has 0 aromatic heterocycles. The Labute approximate surface area is 267 Å². The molecule has 0 amide bonds. The number of anilines is 2. The molecule has 0 spiro atoms. The lowest BCUT2D eigenvalue weighted by atomic mass is 9.56. The van der Waals surface area contributed by atoms with Crippen molar-refractivity contribution in [2.75, 3.05) is 18.1 Å². The normalized spacial score (nSPS) is 36.1. The number of fused-ring (bicyclic) bond motifs is 10. The van der Waals surface area contributed by atoms with E-state index < -0.39 is 0 Å². The number of hydrogen-bond donors (Lipinski definition) is 2. The van der Waals surface area contributed by atoms with Crippen LogP contribution in [0, 0.1) is 46.3 Å². The number of hydrogen-bond acceptors (Lipinski definition) is 3. The van der Waals surface area contributed by atoms with Crippen LogP contribution in [-0.2, 0) is 12.8 Å². The Morgan fingerprint density at radius 1 is 0.727 bits per heavy atom. The lowest BCUT2D eigenvalue weighted by Gasteiger charge is -2.49. The highest BCUT2D eigenvalue weighted by atomic mass is 16.5. The molecule has 4 saturated carbocycles. The van der Waals surface area contributed by atoms with E-state index in [0.29, 0.717) is 17.4 Å². The lowest BCUT2D eigenvalue weighted by Crippen LogP contribution is -2.39. The Balaban J connectivity index is 0.000000142. The summed E-state index contributed by atoms with van der Waals surface area (Å²) >= 11 is 0. The first-order chi connectivity index (χ1) is 21.2. The van der Waals surface area contributed by atoms with Crippen LogP contribution in [0.1, 0.15) is 144 Å². The fourth-order valence-corrected chi connectivity index (χ4v) is 11.8. The molecule has 8 atom stereocenters. The third-order valence-corrected chi connectivity index (χ3v) is 13.9. The van der Waals surface area contributed by atoms with Crippen molar-refractivity contribution in [3.8, 4) is 17.6 Å². The standard InChI is InChI=1S/C21H27N.C20H29NO/c1-3-5-15-12-18-14(13-20(15)22)7-8-17-16(18)9-11-21(2)10-4-6-19(17)21;1-3-22-19-12-16-13(11-18(19)21)6-7-15-14(16)8-10-20(2)9-4-5-17(15)20/h12-13,16-17,19H,4,6-11,22H2,1-2H3;11-12,14-15,17H,3-10,21H2,1-2H3. The van der Waals surface area contributed by atoms with Gasteiger partial charge in [0, 0.05) is 11.3 Å². The average molecular weight is 593 g/mol. The predicted molar refractivity (Wildman–Crippen MR) is 184 cm³/mol. The molecule has 6 aliphatic rings. The van der Waals surface area contributed by atoms with E-state index in [2.05, 4.69) is 50.0 Å². The summed E-state index contributed by atoms with van der Waals surface area (Å²) in [5, 5.41) is 0. The van der Waals surface area contributed by atoms with Crippen LogP contribution in [0.5, 0.6) is 5.75 Å². The molecule has 2 aromatic rings. The van der Waals surface area contributed by atoms with Crippen molar-refractivity contribution in [3.63, 3.8) is 0 Å². The summed E-state index contributed by atoms with van der Waals surface area (Å²) < 4.78 is 5.76. The van der Waals surface area contributed by atoms with Crippen LogP contribution in [0.2, 0.25) is 0 Å². The zero-order valence-corrected chi connectivity index (χ0v) is 27.9. The quantitative estimate of drug-likeness (QED) is 0.269. The van der Waals surface area contributed by atoms with Gasteiger partial charge in [0.1, 0.15) is 5.75 Å². The van der Waals surface area contributed by atoms with Gasteiger partial charge in [-0.25, -0.2) is 0 Å². The van der Waals surface area contributed by atoms with Crippen LogP contribution in [0.3, 0.4) is 0 Å². The molecule has 0 bridgehead atoms. The van der Waals surface area contributed by atoms with Gasteiger partial charge in [0.15, 0.2) is 0 Å². The van der Waals surface area contributed by atoms with Crippen molar-refractivity contribution in [1.82, 2.24) is 0 Å². The highest BCUT2D eigenvalue weighted by Crippen LogP contribution is 2.62. The fourth-order valence-electron chi connectivity index (χ4n) is 11.8. The first-order valence-electron chi connectivity index (χ1n) is 18.1. The molecule has 4 N–H and O–H groups in total. The van der Waals surface area contributed by atoms with Gasteiger partial charge >= 0.3 is 0 Å². The van der Waals surface area contributed by atoms with Gasteiger partial charge in [-0.15, -0.1) is 5.92 Å². The first kappa shape index (κ1) is 30.1. The van der Waals surface area contributed by atoms with Gasteiger partial charge in [0.25, 0.3) is 0 Å². The third-order valence-electron chi connectivity index (χ3n) is 13.9. The fraction of sp³-hybridized carbons (Fsp3) is 0.659. The zero-order chi connectivity index (χ0) is 30.6. The zero-order valence-electron chi connectivity index (χ0n) is 27.9. The number of ether oxygens (including phenoxy) is 1. The summed E-state index contributed by atoms with van der Waals surface area (Å²) in [5.74, 6) is 12.3. The van der Waals surface area contributed by atoms with Crippen molar-refractivity contribution >= 4 is 11.4 Å². The Morgan fingerprint density at radius 3 is 1.82 bits per heavy atom. The second-order valence-corrected chi connectivity index (χ2v) is 16.0. The molecule has 0 radical (unpaired) electrons. The first-order valence-corrected chi connectivity index (χ1v) is 18.1. The van der Waals surface area contributed by atoms with Crippen LogP contribution >= 0.6 is 0 Å². The monoisotopic (exact) mass is 592 g/mol. The lowest BCUT2D eigenvalue weighted by molar-refractivity contribution is 0.0597. The highest BCUT2D eigenvalue weighted by Gasteiger charge is 2.51. The minimum atomic E-state index is 0.634. The summed E-state index contributed by atoms with van der Waals surface area (Å²) in [4.78, 5) is 0.